The van der Waals surface area contributed by atoms with Gasteiger partial charge in [-0.3, -0.25) is 4.79 Å². The summed E-state index contributed by atoms with van der Waals surface area (Å²) in [5.74, 6) is 0.194. The number of ether oxygens (including phenoxy) is 1. The van der Waals surface area contributed by atoms with Gasteiger partial charge in [0, 0.05) is 18.1 Å². The van der Waals surface area contributed by atoms with Crippen LogP contribution in [-0.2, 0) is 4.79 Å². The average Bonchev–Trinajstić information content (AvgIpc) is 2.32. The molecule has 0 spiro atoms. The number of hydrogen-bond acceptors (Lipinski definition) is 5. The summed E-state index contributed by atoms with van der Waals surface area (Å²) in [7, 11) is 0. The first kappa shape index (κ1) is 11.2. The third kappa shape index (κ3) is 2.44. The molecule has 17 heavy (non-hydrogen) atoms. The molecule has 1 heterocycles. The molecule has 0 atom stereocenters. The van der Waals surface area contributed by atoms with Crippen LogP contribution in [0.5, 0.6) is 5.75 Å². The monoisotopic (exact) mass is 229 g/mol. The summed E-state index contributed by atoms with van der Waals surface area (Å²) in [6, 6.07) is 7.21. The van der Waals surface area contributed by atoms with E-state index in [0.29, 0.717) is 11.4 Å². The zero-order chi connectivity index (χ0) is 12.3. The Kier molecular flexibility index (Phi) is 3.09. The first-order chi connectivity index (χ1) is 8.18. The quantitative estimate of drug-likeness (QED) is 0.580. The molecule has 0 aliphatic heterocycles. The van der Waals surface area contributed by atoms with E-state index in [4.69, 9.17) is 4.74 Å². The Labute approximate surface area is 98.5 Å². The van der Waals surface area contributed by atoms with E-state index in [1.165, 1.54) is 6.92 Å². The number of hydrogen-bond donors (Lipinski definition) is 0. The molecule has 0 bridgehead atoms. The minimum Gasteiger partial charge on any atom is -0.426 e. The van der Waals surface area contributed by atoms with E-state index < -0.39 is 0 Å². The van der Waals surface area contributed by atoms with E-state index in [2.05, 4.69) is 15.4 Å². The van der Waals surface area contributed by atoms with Crippen molar-refractivity contribution in [3.8, 4) is 17.0 Å². The summed E-state index contributed by atoms with van der Waals surface area (Å²) < 4.78 is 5.10. The first-order valence-corrected chi connectivity index (χ1v) is 5.11. The topological polar surface area (TPSA) is 65.0 Å². The van der Waals surface area contributed by atoms with Gasteiger partial charge in [0.1, 0.15) is 5.75 Å². The van der Waals surface area contributed by atoms with Crippen molar-refractivity contribution in [1.82, 2.24) is 15.4 Å². The molecule has 5 heteroatoms. The van der Waals surface area contributed by atoms with Crippen LogP contribution in [0.3, 0.4) is 0 Å². The lowest BCUT2D eigenvalue weighted by molar-refractivity contribution is -0.131. The van der Waals surface area contributed by atoms with Crippen LogP contribution in [0, 0.1) is 6.92 Å². The maximum Gasteiger partial charge on any atom is 0.308 e. The minimum absolute atomic E-state index is 0.342. The Balaban J connectivity index is 2.46. The third-order valence-corrected chi connectivity index (χ3v) is 2.32. The van der Waals surface area contributed by atoms with Crippen LogP contribution in [-0.4, -0.2) is 21.4 Å². The summed E-state index contributed by atoms with van der Waals surface area (Å²) in [4.78, 5) is 11.0. The van der Waals surface area contributed by atoms with Gasteiger partial charge in [-0.05, 0) is 24.3 Å². The number of nitrogens with zero attached hydrogens (tertiary/aromatic N) is 3. The zero-order valence-electron chi connectivity index (χ0n) is 9.54. The van der Waals surface area contributed by atoms with Gasteiger partial charge in [-0.15, -0.1) is 10.2 Å². The molecule has 86 valence electrons. The predicted octanol–water partition coefficient (Wildman–Crippen LogP) is 1.77. The minimum atomic E-state index is -0.342. The molecule has 5 nitrogen and oxygen atoms in total. The van der Waals surface area contributed by atoms with Crippen LogP contribution in [0.2, 0.25) is 0 Å². The zero-order valence-corrected chi connectivity index (χ0v) is 9.54. The van der Waals surface area contributed by atoms with E-state index in [1.807, 2.05) is 19.1 Å². The van der Waals surface area contributed by atoms with Gasteiger partial charge in [0.25, 0.3) is 0 Å². The molecule has 0 unspecified atom stereocenters. The van der Waals surface area contributed by atoms with Gasteiger partial charge in [-0.2, -0.15) is 0 Å². The summed E-state index contributed by atoms with van der Waals surface area (Å²) in [5, 5.41) is 11.1. The molecular formula is C12H11N3O2. The molecule has 0 aliphatic rings. The van der Waals surface area contributed by atoms with Gasteiger partial charge in [0.2, 0.25) is 0 Å². The van der Waals surface area contributed by atoms with Crippen molar-refractivity contribution in [1.29, 1.82) is 0 Å². The Morgan fingerprint density at radius 3 is 2.76 bits per heavy atom. The van der Waals surface area contributed by atoms with Crippen molar-refractivity contribution in [2.45, 2.75) is 13.8 Å². The van der Waals surface area contributed by atoms with E-state index in [0.717, 1.165) is 11.1 Å². The number of carbonyl (C=O) groups excluding carboxylic acids is 1. The van der Waals surface area contributed by atoms with Crippen molar-refractivity contribution in [2.75, 3.05) is 0 Å². The number of carbonyl (C=O) groups is 1. The lowest BCUT2D eigenvalue weighted by Gasteiger charge is -2.09. The fourth-order valence-corrected chi connectivity index (χ4v) is 1.54. The number of esters is 1. The average molecular weight is 229 g/mol. The predicted molar refractivity (Wildman–Crippen MR) is 61.3 cm³/mol. The Morgan fingerprint density at radius 1 is 1.29 bits per heavy atom. The van der Waals surface area contributed by atoms with Crippen LogP contribution in [0.15, 0.2) is 30.5 Å². The molecule has 2 rings (SSSR count). The molecular weight excluding hydrogens is 218 g/mol. The molecule has 0 fully saturated rings. The van der Waals surface area contributed by atoms with Crippen molar-refractivity contribution < 1.29 is 9.53 Å². The van der Waals surface area contributed by atoms with Crippen LogP contribution in [0.25, 0.3) is 11.3 Å². The highest BCUT2D eigenvalue weighted by Gasteiger charge is 2.09. The van der Waals surface area contributed by atoms with Gasteiger partial charge in [0.15, 0.2) is 0 Å². The van der Waals surface area contributed by atoms with Gasteiger partial charge >= 0.3 is 5.97 Å². The molecule has 0 aliphatic carbocycles. The van der Waals surface area contributed by atoms with Crippen LogP contribution >= 0.6 is 0 Å². The van der Waals surface area contributed by atoms with Gasteiger partial charge in [-0.1, -0.05) is 12.1 Å². The highest BCUT2D eigenvalue weighted by atomic mass is 16.5. The highest BCUT2D eigenvalue weighted by molar-refractivity contribution is 5.72. The Morgan fingerprint density at radius 2 is 2.12 bits per heavy atom. The third-order valence-electron chi connectivity index (χ3n) is 2.32. The smallest absolute Gasteiger partial charge is 0.308 e. The number of aromatic nitrogens is 3. The largest absolute Gasteiger partial charge is 0.426 e. The molecule has 0 radical (unpaired) electrons. The van der Waals surface area contributed by atoms with Crippen molar-refractivity contribution >= 4 is 5.97 Å². The van der Waals surface area contributed by atoms with Crippen LogP contribution < -0.4 is 4.74 Å². The second-order valence-corrected chi connectivity index (χ2v) is 3.53. The Hall–Kier alpha value is -2.30. The van der Waals surface area contributed by atoms with Crippen LogP contribution in [0.1, 0.15) is 12.5 Å². The normalized spacial score (nSPS) is 10.0. The van der Waals surface area contributed by atoms with Crippen molar-refractivity contribution in [2.24, 2.45) is 0 Å². The van der Waals surface area contributed by atoms with Crippen LogP contribution in [0.4, 0.5) is 0 Å². The van der Waals surface area contributed by atoms with E-state index in [-0.39, 0.29) is 5.97 Å². The van der Waals surface area contributed by atoms with Crippen molar-refractivity contribution in [3.63, 3.8) is 0 Å². The van der Waals surface area contributed by atoms with Gasteiger partial charge in [-0.25, -0.2) is 0 Å². The SMILES string of the molecule is CC(=O)Oc1cccc(-c2ccnnn2)c1C. The number of rotatable bonds is 2. The maximum atomic E-state index is 11.0. The van der Waals surface area contributed by atoms with Gasteiger partial charge in [0.05, 0.1) is 11.9 Å². The van der Waals surface area contributed by atoms with E-state index >= 15 is 0 Å². The summed E-state index contributed by atoms with van der Waals surface area (Å²) in [6.45, 7) is 3.24. The summed E-state index contributed by atoms with van der Waals surface area (Å²) in [5.41, 5.74) is 2.42. The standard InChI is InChI=1S/C12H11N3O2/c1-8-10(11-6-7-13-15-14-11)4-3-5-12(8)17-9(2)16/h3-7H,1-2H3. The second-order valence-electron chi connectivity index (χ2n) is 3.53. The van der Waals surface area contributed by atoms with Gasteiger partial charge < -0.3 is 4.74 Å². The highest BCUT2D eigenvalue weighted by Crippen LogP contribution is 2.28. The van der Waals surface area contributed by atoms with Crippen molar-refractivity contribution in [3.05, 3.63) is 36.0 Å². The summed E-state index contributed by atoms with van der Waals surface area (Å²) in [6.07, 6.45) is 1.57. The molecule has 1 aromatic heterocycles. The van der Waals surface area contributed by atoms with E-state index in [1.54, 1.807) is 18.3 Å². The lowest BCUT2D eigenvalue weighted by Crippen LogP contribution is -2.03. The second kappa shape index (κ2) is 4.69. The molecule has 2 aromatic rings. The lowest BCUT2D eigenvalue weighted by atomic mass is 10.0. The molecule has 0 saturated carbocycles. The number of benzene rings is 1. The fourth-order valence-electron chi connectivity index (χ4n) is 1.54. The Bertz CT molecular complexity index is 541. The maximum absolute atomic E-state index is 11.0. The van der Waals surface area contributed by atoms with E-state index in [9.17, 15) is 4.79 Å². The first-order valence-electron chi connectivity index (χ1n) is 5.11. The molecule has 0 N–H and O–H groups in total. The molecule has 0 amide bonds. The molecule has 1 aromatic carbocycles. The molecule has 0 saturated heterocycles. The summed E-state index contributed by atoms with van der Waals surface area (Å²) >= 11 is 0. The fraction of sp³-hybridized carbons (Fsp3) is 0.167.